The third-order valence-electron chi connectivity index (χ3n) is 5.86. The number of carbonyl (C=O) groups excluding carboxylic acids is 1. The Hall–Kier alpha value is -4.46. The smallest absolute Gasteiger partial charge is 0.340 e. The second kappa shape index (κ2) is 10.5. The largest absolute Gasteiger partial charge is 0.456 e. The van der Waals surface area contributed by atoms with Crippen LogP contribution in [0.15, 0.2) is 68.8 Å². The Kier molecular flexibility index (Phi) is 7.35. The Morgan fingerprint density at radius 1 is 1.16 bits per heavy atom. The molecule has 8 heteroatoms. The monoisotopic (exact) mass is 512 g/mol. The molecule has 0 saturated carbocycles. The second-order valence-electron chi connectivity index (χ2n) is 10.2. The van der Waals surface area contributed by atoms with E-state index in [0.717, 1.165) is 11.1 Å². The zero-order valence-corrected chi connectivity index (χ0v) is 22.5. The van der Waals surface area contributed by atoms with Crippen LogP contribution in [0.4, 0.5) is 11.5 Å². The number of fused-ring (bicyclic) bond motifs is 1. The number of nitrogens with zero attached hydrogens (tertiary/aromatic N) is 2. The van der Waals surface area contributed by atoms with Crippen molar-refractivity contribution in [3.63, 3.8) is 0 Å². The Balaban J connectivity index is 1.78. The number of nitrogens with two attached hydrogens (primary N) is 1. The van der Waals surface area contributed by atoms with Crippen molar-refractivity contribution in [2.75, 3.05) is 18.1 Å². The summed E-state index contributed by atoms with van der Waals surface area (Å²) in [6, 6.07) is 15.6. The number of aliphatic imine (C=N–C) groups is 1. The molecule has 8 nitrogen and oxygen atoms in total. The molecule has 0 saturated heterocycles. The SMILES string of the molecule is CN=Cc1ccc(-c2cc(=O)c3cc(C)cc(C(C)Nc4ccccc4C(=O)OC(C)(C)C)c3o2)nc1N. The van der Waals surface area contributed by atoms with Crippen molar-refractivity contribution in [3.8, 4) is 11.5 Å². The number of hydrogen-bond donors (Lipinski definition) is 2. The van der Waals surface area contributed by atoms with Crippen LogP contribution in [0, 0.1) is 6.92 Å². The van der Waals surface area contributed by atoms with Gasteiger partial charge in [-0.15, -0.1) is 0 Å². The standard InChI is InChI=1S/C30H32N4O4/c1-17-13-21(18(2)33-23-10-8-7-9-20(23)29(36)38-30(3,4)5)27-22(14-17)25(35)15-26(37-27)24-12-11-19(16-32-6)28(31)34-24/h7-16,18,33H,1-6H3,(H2,31,34). The number of carbonyl (C=O) groups is 1. The highest BCUT2D eigenvalue weighted by atomic mass is 16.6. The number of esters is 1. The number of nitrogen functional groups attached to an aromatic ring is 1. The maximum Gasteiger partial charge on any atom is 0.340 e. The van der Waals surface area contributed by atoms with E-state index in [1.807, 2.05) is 52.8 Å². The van der Waals surface area contributed by atoms with Gasteiger partial charge in [0.25, 0.3) is 0 Å². The fraction of sp³-hybridized carbons (Fsp3) is 0.267. The van der Waals surface area contributed by atoms with Gasteiger partial charge in [-0.2, -0.15) is 0 Å². The number of para-hydroxylation sites is 1. The van der Waals surface area contributed by atoms with Crippen LogP contribution >= 0.6 is 0 Å². The average molecular weight is 513 g/mol. The lowest BCUT2D eigenvalue weighted by Gasteiger charge is -2.22. The minimum absolute atomic E-state index is 0.188. The number of rotatable bonds is 6. The topological polar surface area (TPSA) is 120 Å². The second-order valence-corrected chi connectivity index (χ2v) is 10.2. The fourth-order valence-electron chi connectivity index (χ4n) is 4.18. The van der Waals surface area contributed by atoms with Gasteiger partial charge < -0.3 is 20.2 Å². The van der Waals surface area contributed by atoms with Crippen LogP contribution in [0.25, 0.3) is 22.4 Å². The van der Waals surface area contributed by atoms with Crippen molar-refractivity contribution in [2.45, 2.75) is 46.3 Å². The van der Waals surface area contributed by atoms with Gasteiger partial charge in [0.15, 0.2) is 11.2 Å². The van der Waals surface area contributed by atoms with Gasteiger partial charge in [-0.1, -0.05) is 18.2 Å². The molecule has 0 bridgehead atoms. The Labute approximate surface area is 221 Å². The Bertz CT molecular complexity index is 1600. The summed E-state index contributed by atoms with van der Waals surface area (Å²) in [5, 5.41) is 3.87. The number of anilines is 2. The predicted molar refractivity (Wildman–Crippen MR) is 152 cm³/mol. The molecule has 4 aromatic rings. The van der Waals surface area contributed by atoms with Gasteiger partial charge in [0.05, 0.1) is 17.0 Å². The normalized spacial score (nSPS) is 12.6. The van der Waals surface area contributed by atoms with Crippen molar-refractivity contribution in [2.24, 2.45) is 4.99 Å². The van der Waals surface area contributed by atoms with Gasteiger partial charge in [-0.3, -0.25) is 9.79 Å². The predicted octanol–water partition coefficient (Wildman–Crippen LogP) is 5.92. The molecule has 2 heterocycles. The first-order chi connectivity index (χ1) is 18.0. The molecule has 0 aliphatic carbocycles. The minimum Gasteiger partial charge on any atom is -0.456 e. The molecule has 0 amide bonds. The van der Waals surface area contributed by atoms with Crippen LogP contribution in [0.1, 0.15) is 60.8 Å². The van der Waals surface area contributed by atoms with Gasteiger partial charge in [-0.25, -0.2) is 9.78 Å². The number of benzene rings is 2. The maximum absolute atomic E-state index is 13.2. The van der Waals surface area contributed by atoms with Gasteiger partial charge in [0.1, 0.15) is 22.7 Å². The lowest BCUT2D eigenvalue weighted by molar-refractivity contribution is 0.00706. The number of ether oxygens (including phenoxy) is 1. The molecule has 4 rings (SSSR count). The van der Waals surface area contributed by atoms with Gasteiger partial charge in [0, 0.05) is 36.1 Å². The summed E-state index contributed by atoms with van der Waals surface area (Å²) >= 11 is 0. The summed E-state index contributed by atoms with van der Waals surface area (Å²) in [5.41, 5.74) is 9.54. The lowest BCUT2D eigenvalue weighted by Crippen LogP contribution is -2.24. The van der Waals surface area contributed by atoms with Crippen LogP contribution in [0.2, 0.25) is 0 Å². The minimum atomic E-state index is -0.624. The quantitative estimate of drug-likeness (QED) is 0.243. The third-order valence-corrected chi connectivity index (χ3v) is 5.86. The van der Waals surface area contributed by atoms with Crippen molar-refractivity contribution in [1.29, 1.82) is 0 Å². The summed E-state index contributed by atoms with van der Waals surface area (Å²) in [6.45, 7) is 9.36. The van der Waals surface area contributed by atoms with E-state index in [1.54, 1.807) is 43.6 Å². The molecule has 196 valence electrons. The fourth-order valence-corrected chi connectivity index (χ4v) is 4.18. The number of nitrogens with one attached hydrogen (secondary N) is 1. The molecular weight excluding hydrogens is 480 g/mol. The van der Waals surface area contributed by atoms with Crippen molar-refractivity contribution in [1.82, 2.24) is 4.98 Å². The first kappa shape index (κ1) is 26.6. The summed E-state index contributed by atoms with van der Waals surface area (Å²) in [7, 11) is 1.65. The number of aryl methyl sites for hydroxylation is 1. The zero-order chi connectivity index (χ0) is 27.6. The van der Waals surface area contributed by atoms with Crippen LogP contribution in [-0.2, 0) is 4.74 Å². The molecule has 2 aromatic carbocycles. The van der Waals surface area contributed by atoms with Crippen LogP contribution in [-0.4, -0.2) is 29.8 Å². The van der Waals surface area contributed by atoms with Crippen molar-refractivity contribution in [3.05, 3.63) is 87.1 Å². The maximum atomic E-state index is 13.2. The summed E-state index contributed by atoms with van der Waals surface area (Å²) in [4.78, 5) is 34.4. The van der Waals surface area contributed by atoms with E-state index in [4.69, 9.17) is 14.9 Å². The molecule has 0 aliphatic heterocycles. The van der Waals surface area contributed by atoms with Gasteiger partial charge in [0.2, 0.25) is 0 Å². The van der Waals surface area contributed by atoms with E-state index in [-0.39, 0.29) is 17.3 Å². The average Bonchev–Trinajstić information content (AvgIpc) is 2.84. The van der Waals surface area contributed by atoms with Crippen LogP contribution in [0.3, 0.4) is 0 Å². The number of hydrogen-bond acceptors (Lipinski definition) is 8. The zero-order valence-electron chi connectivity index (χ0n) is 22.5. The molecule has 0 fully saturated rings. The lowest BCUT2D eigenvalue weighted by atomic mass is 10.0. The highest BCUT2D eigenvalue weighted by Crippen LogP contribution is 2.31. The molecule has 0 aliphatic rings. The Morgan fingerprint density at radius 2 is 1.89 bits per heavy atom. The third kappa shape index (κ3) is 5.75. The van der Waals surface area contributed by atoms with Crippen LogP contribution in [0.5, 0.6) is 0 Å². The van der Waals surface area contributed by atoms with E-state index in [9.17, 15) is 9.59 Å². The van der Waals surface area contributed by atoms with E-state index in [1.165, 1.54) is 6.07 Å². The molecule has 0 radical (unpaired) electrons. The van der Waals surface area contributed by atoms with Crippen LogP contribution < -0.4 is 16.5 Å². The van der Waals surface area contributed by atoms with Gasteiger partial charge in [-0.05, 0) is 70.5 Å². The molecule has 1 unspecified atom stereocenters. The van der Waals surface area contributed by atoms with E-state index >= 15 is 0 Å². The molecule has 0 spiro atoms. The summed E-state index contributed by atoms with van der Waals surface area (Å²) in [5.74, 6) is 0.172. The molecule has 1 atom stereocenters. The molecule has 2 aromatic heterocycles. The summed E-state index contributed by atoms with van der Waals surface area (Å²) in [6.07, 6.45) is 1.62. The number of pyridine rings is 1. The molecule has 3 N–H and O–H groups in total. The molecule has 38 heavy (non-hydrogen) atoms. The first-order valence-electron chi connectivity index (χ1n) is 12.3. The highest BCUT2D eigenvalue weighted by Gasteiger charge is 2.22. The molecular formula is C30H32N4O4. The van der Waals surface area contributed by atoms with Gasteiger partial charge >= 0.3 is 5.97 Å². The van der Waals surface area contributed by atoms with Crippen molar-refractivity contribution >= 4 is 34.7 Å². The first-order valence-corrected chi connectivity index (χ1v) is 12.3. The van der Waals surface area contributed by atoms with Crippen molar-refractivity contribution < 1.29 is 13.9 Å². The Morgan fingerprint density at radius 3 is 2.58 bits per heavy atom. The summed E-state index contributed by atoms with van der Waals surface area (Å²) < 4.78 is 11.9. The van der Waals surface area contributed by atoms with E-state index < -0.39 is 11.6 Å². The van der Waals surface area contributed by atoms with E-state index in [2.05, 4.69) is 15.3 Å². The van der Waals surface area contributed by atoms with E-state index in [0.29, 0.717) is 39.2 Å². The number of aromatic nitrogens is 1. The highest BCUT2D eigenvalue weighted by molar-refractivity contribution is 5.96.